The molecule has 0 unspecified atom stereocenters. The van der Waals surface area contributed by atoms with Gasteiger partial charge in [-0.2, -0.15) is 0 Å². The molecule has 0 radical (unpaired) electrons. The Labute approximate surface area is 199 Å². The Kier molecular flexibility index (Phi) is 4.67. The second-order valence-electron chi connectivity index (χ2n) is 9.70. The number of hydrogen-bond acceptors (Lipinski definition) is 5. The minimum Gasteiger partial charge on any atom is -0.482 e. The third-order valence-corrected chi connectivity index (χ3v) is 7.89. The predicted octanol–water partition coefficient (Wildman–Crippen LogP) is 6.05. The van der Waals surface area contributed by atoms with E-state index in [1.807, 2.05) is 6.07 Å². The summed E-state index contributed by atoms with van der Waals surface area (Å²) in [6.45, 7) is 0. The highest BCUT2D eigenvalue weighted by molar-refractivity contribution is 6.31. The number of rotatable bonds is 5. The first-order valence-electron chi connectivity index (χ1n) is 10.9. The van der Waals surface area contributed by atoms with Gasteiger partial charge in [-0.3, -0.25) is 4.79 Å². The van der Waals surface area contributed by atoms with Crippen molar-refractivity contribution in [3.63, 3.8) is 0 Å². The number of benzene rings is 2. The molecular weight excluding hydrogens is 468 g/mol. The van der Waals surface area contributed by atoms with E-state index in [1.54, 1.807) is 24.3 Å². The summed E-state index contributed by atoms with van der Waals surface area (Å²) in [5, 5.41) is 15.3. The molecule has 2 heterocycles. The van der Waals surface area contributed by atoms with Gasteiger partial charge in [0, 0.05) is 40.5 Å². The van der Waals surface area contributed by atoms with E-state index in [1.165, 1.54) is 12.1 Å². The Morgan fingerprint density at radius 3 is 2.70 bits per heavy atom. The highest BCUT2D eigenvalue weighted by atomic mass is 35.5. The summed E-state index contributed by atoms with van der Waals surface area (Å²) < 4.78 is 25.1. The van der Waals surface area contributed by atoms with Crippen molar-refractivity contribution in [2.24, 2.45) is 5.41 Å². The van der Waals surface area contributed by atoms with E-state index >= 15 is 0 Å². The molecule has 0 amide bonds. The van der Waals surface area contributed by atoms with E-state index in [9.17, 15) is 14.3 Å². The van der Waals surface area contributed by atoms with Crippen LogP contribution in [0, 0.1) is 11.2 Å². The van der Waals surface area contributed by atoms with Crippen LogP contribution in [0.25, 0.3) is 11.3 Å². The van der Waals surface area contributed by atoms with Crippen molar-refractivity contribution in [1.82, 2.24) is 5.16 Å². The average Bonchev–Trinajstić information content (AvgIpc) is 3.21. The normalized spacial score (nSPS) is 29.5. The summed E-state index contributed by atoms with van der Waals surface area (Å²) >= 11 is 11.8. The Morgan fingerprint density at radius 2 is 1.94 bits per heavy atom. The maximum atomic E-state index is 13.8. The molecule has 33 heavy (non-hydrogen) atoms. The number of ketones is 1. The first-order valence-corrected chi connectivity index (χ1v) is 11.6. The summed E-state index contributed by atoms with van der Waals surface area (Å²) in [5.74, 6) is 0.523. The van der Waals surface area contributed by atoms with Crippen molar-refractivity contribution in [3.05, 3.63) is 69.6 Å². The zero-order valence-corrected chi connectivity index (χ0v) is 19.0. The van der Waals surface area contributed by atoms with Gasteiger partial charge >= 0.3 is 0 Å². The quantitative estimate of drug-likeness (QED) is 0.473. The van der Waals surface area contributed by atoms with Gasteiger partial charge in [-0.1, -0.05) is 28.4 Å². The Bertz CT molecular complexity index is 1270. The zero-order valence-electron chi connectivity index (χ0n) is 17.5. The number of ether oxygens (including phenoxy) is 1. The maximum absolute atomic E-state index is 13.8. The van der Waals surface area contributed by atoms with Crippen LogP contribution in [0.5, 0.6) is 5.75 Å². The number of fused-ring (bicyclic) bond motifs is 1. The molecule has 170 valence electrons. The molecule has 2 bridgehead atoms. The second kappa shape index (κ2) is 7.29. The van der Waals surface area contributed by atoms with Crippen LogP contribution < -0.4 is 4.74 Å². The van der Waals surface area contributed by atoms with Crippen LogP contribution in [-0.2, 0) is 10.2 Å². The molecule has 1 aliphatic heterocycles. The lowest BCUT2D eigenvalue weighted by Crippen LogP contribution is -2.65. The van der Waals surface area contributed by atoms with Crippen molar-refractivity contribution in [2.75, 3.05) is 0 Å². The summed E-state index contributed by atoms with van der Waals surface area (Å²) in [4.78, 5) is 13.0. The lowest BCUT2D eigenvalue weighted by atomic mass is 9.33. The van der Waals surface area contributed by atoms with Crippen LogP contribution in [0.3, 0.4) is 0 Å². The minimum atomic E-state index is -0.771. The second-order valence-corrected chi connectivity index (χ2v) is 10.5. The van der Waals surface area contributed by atoms with Crippen LogP contribution in [0.4, 0.5) is 4.39 Å². The van der Waals surface area contributed by atoms with Crippen molar-refractivity contribution in [3.8, 4) is 17.1 Å². The fourth-order valence-corrected chi connectivity index (χ4v) is 6.16. The number of carbonyl (C=O) groups is 1. The lowest BCUT2D eigenvalue weighted by molar-refractivity contribution is -0.165. The molecule has 3 aliphatic carbocycles. The molecule has 1 aromatic heterocycles. The van der Waals surface area contributed by atoms with Crippen LogP contribution in [0.15, 0.2) is 47.0 Å². The van der Waals surface area contributed by atoms with Crippen LogP contribution in [0.2, 0.25) is 10.0 Å². The molecule has 2 aromatic carbocycles. The number of carbonyl (C=O) groups excluding carboxylic acids is 1. The van der Waals surface area contributed by atoms with Crippen molar-refractivity contribution in [1.29, 1.82) is 0 Å². The number of aliphatic hydroxyl groups is 1. The molecule has 7 rings (SSSR count). The maximum Gasteiger partial charge on any atom is 0.173 e. The van der Waals surface area contributed by atoms with E-state index in [0.717, 1.165) is 25.0 Å². The number of aromatic nitrogens is 1. The third-order valence-electron chi connectivity index (χ3n) is 7.34. The van der Waals surface area contributed by atoms with Gasteiger partial charge in [0.15, 0.2) is 17.6 Å². The van der Waals surface area contributed by atoms with Crippen molar-refractivity contribution < 1.29 is 23.6 Å². The van der Waals surface area contributed by atoms with Crippen LogP contribution in [0.1, 0.15) is 49.5 Å². The first-order chi connectivity index (χ1) is 15.8. The van der Waals surface area contributed by atoms with Gasteiger partial charge in [0.1, 0.15) is 11.6 Å². The molecule has 1 N–H and O–H groups in total. The van der Waals surface area contributed by atoms with Gasteiger partial charge in [-0.05, 0) is 61.1 Å². The zero-order chi connectivity index (χ0) is 23.0. The molecule has 2 atom stereocenters. The fourth-order valence-electron chi connectivity index (χ4n) is 5.87. The van der Waals surface area contributed by atoms with Gasteiger partial charge in [-0.25, -0.2) is 4.39 Å². The number of halogens is 3. The number of Topliss-reactive ketones (excluding diaryl/α,β-unsaturated/α-hetero) is 1. The smallest absolute Gasteiger partial charge is 0.173 e. The van der Waals surface area contributed by atoms with E-state index in [4.69, 9.17) is 32.5 Å². The summed E-state index contributed by atoms with van der Waals surface area (Å²) in [6, 6.07) is 11.4. The number of hydrogen-bond donors (Lipinski definition) is 1. The molecule has 3 fully saturated rings. The summed E-state index contributed by atoms with van der Waals surface area (Å²) in [7, 11) is 0. The monoisotopic (exact) mass is 487 g/mol. The van der Waals surface area contributed by atoms with Crippen LogP contribution in [-0.4, -0.2) is 22.2 Å². The highest BCUT2D eigenvalue weighted by Crippen LogP contribution is 2.75. The Hall–Kier alpha value is -2.41. The Morgan fingerprint density at radius 1 is 1.15 bits per heavy atom. The molecule has 3 saturated carbocycles. The standard InChI is InChI=1S/C25H20Cl2FNO4/c26-14-2-4-20-15(6-14)18(30)7-22(32-20)19(31)9-24-10-25(11-24,12-24)23-8-21(33-29-23)13-1-3-16(27)17(28)5-13/h1-6,8,18,22,30H,7,9-12H2/t18-,22-,24?,25?/m1/s1. The van der Waals surface area contributed by atoms with Crippen molar-refractivity contribution in [2.45, 2.75) is 49.7 Å². The SMILES string of the molecule is O=C(CC12CC(c3cc(-c4ccc(Cl)c(F)c4)on3)(C1)C2)[C@H]1C[C@@H](O)c2cc(Cl)ccc2O1. The molecule has 5 nitrogen and oxygen atoms in total. The summed E-state index contributed by atoms with van der Waals surface area (Å²) in [6.07, 6.45) is 1.79. The fraction of sp³-hybridized carbons (Fsp3) is 0.360. The van der Waals surface area contributed by atoms with E-state index in [-0.39, 0.29) is 28.1 Å². The molecule has 4 aliphatic rings. The molecule has 3 aromatic rings. The largest absolute Gasteiger partial charge is 0.482 e. The van der Waals surface area contributed by atoms with E-state index in [2.05, 4.69) is 5.16 Å². The summed E-state index contributed by atoms with van der Waals surface area (Å²) in [5.41, 5.74) is 1.93. The molecule has 0 saturated heterocycles. The Balaban J connectivity index is 1.11. The topological polar surface area (TPSA) is 72.6 Å². The third kappa shape index (κ3) is 3.38. The van der Waals surface area contributed by atoms with Gasteiger partial charge in [-0.15, -0.1) is 0 Å². The number of aliphatic hydroxyl groups excluding tert-OH is 1. The van der Waals surface area contributed by atoms with Gasteiger partial charge in [0.05, 0.1) is 16.8 Å². The van der Waals surface area contributed by atoms with Gasteiger partial charge in [0.2, 0.25) is 0 Å². The predicted molar refractivity (Wildman–Crippen MR) is 120 cm³/mol. The average molecular weight is 488 g/mol. The van der Waals surface area contributed by atoms with Gasteiger partial charge in [0.25, 0.3) is 0 Å². The number of nitrogens with zero attached hydrogens (tertiary/aromatic N) is 1. The lowest BCUT2D eigenvalue weighted by Gasteiger charge is -2.70. The molecule has 8 heteroatoms. The minimum absolute atomic E-state index is 0.0143. The highest BCUT2D eigenvalue weighted by Gasteiger charge is 2.69. The van der Waals surface area contributed by atoms with E-state index < -0.39 is 18.0 Å². The van der Waals surface area contributed by atoms with E-state index in [0.29, 0.717) is 34.1 Å². The van der Waals surface area contributed by atoms with Crippen LogP contribution >= 0.6 is 23.2 Å². The first kappa shape index (κ1) is 21.1. The molecular formula is C25H20Cl2FNO4. The van der Waals surface area contributed by atoms with Gasteiger partial charge < -0.3 is 14.4 Å². The van der Waals surface area contributed by atoms with Crippen molar-refractivity contribution >= 4 is 29.0 Å². The molecule has 0 spiro atoms.